The van der Waals surface area contributed by atoms with E-state index in [1.54, 1.807) is 0 Å². The molecule has 7 heteroatoms. The van der Waals surface area contributed by atoms with Crippen molar-refractivity contribution in [1.82, 2.24) is 25.4 Å². The summed E-state index contributed by atoms with van der Waals surface area (Å²) in [6, 6.07) is 11.3. The average molecular weight is 413 g/mol. The lowest BCUT2D eigenvalue weighted by molar-refractivity contribution is 0.0891. The van der Waals surface area contributed by atoms with Gasteiger partial charge in [0, 0.05) is 45.3 Å². The molecule has 3 rings (SSSR count). The smallest absolute Gasteiger partial charge is 0.216 e. The Morgan fingerprint density at radius 3 is 2.70 bits per heavy atom. The highest BCUT2D eigenvalue weighted by molar-refractivity contribution is 5.79. The second-order valence-electron chi connectivity index (χ2n) is 7.95. The van der Waals surface area contributed by atoms with E-state index in [1.165, 1.54) is 5.56 Å². The van der Waals surface area contributed by atoms with Gasteiger partial charge in [-0.25, -0.2) is 9.98 Å². The third-order valence-electron chi connectivity index (χ3n) is 5.58. The Balaban J connectivity index is 1.50. The Labute approximate surface area is 180 Å². The number of hydrogen-bond donors (Lipinski definition) is 2. The highest BCUT2D eigenvalue weighted by Crippen LogP contribution is 2.24. The van der Waals surface area contributed by atoms with Gasteiger partial charge in [-0.05, 0) is 39.8 Å². The normalized spacial score (nSPS) is 18.5. The highest BCUT2D eigenvalue weighted by atomic mass is 16.4. The van der Waals surface area contributed by atoms with Gasteiger partial charge in [0.25, 0.3) is 0 Å². The van der Waals surface area contributed by atoms with Crippen LogP contribution in [0, 0.1) is 13.8 Å². The van der Waals surface area contributed by atoms with Crippen LogP contribution in [-0.4, -0.2) is 67.1 Å². The summed E-state index contributed by atoms with van der Waals surface area (Å²) in [5, 5.41) is 6.75. The minimum absolute atomic E-state index is 0.443. The molecule has 1 unspecified atom stereocenters. The molecule has 1 saturated heterocycles. The fourth-order valence-corrected chi connectivity index (χ4v) is 3.80. The molecule has 2 N–H and O–H groups in total. The number of nitrogens with zero attached hydrogens (tertiary/aromatic N) is 4. The number of rotatable bonds is 8. The largest absolute Gasteiger partial charge is 0.444 e. The van der Waals surface area contributed by atoms with Gasteiger partial charge in [-0.1, -0.05) is 30.3 Å². The molecule has 0 bridgehead atoms. The monoisotopic (exact) mass is 412 g/mol. The topological polar surface area (TPSA) is 68.9 Å². The number of aryl methyl sites for hydroxylation is 2. The van der Waals surface area contributed by atoms with Crippen LogP contribution in [0.25, 0.3) is 0 Å². The zero-order valence-electron chi connectivity index (χ0n) is 18.8. The predicted molar refractivity (Wildman–Crippen MR) is 122 cm³/mol. The second-order valence-corrected chi connectivity index (χ2v) is 7.95. The zero-order chi connectivity index (χ0) is 21.3. The van der Waals surface area contributed by atoms with Crippen molar-refractivity contribution in [2.24, 2.45) is 4.99 Å². The molecule has 0 aliphatic carbocycles. The number of hydrogen-bond acceptors (Lipinski definition) is 5. The van der Waals surface area contributed by atoms with Gasteiger partial charge in [0.05, 0.1) is 5.69 Å². The molecule has 2 aromatic rings. The lowest BCUT2D eigenvalue weighted by Gasteiger charge is -2.40. The van der Waals surface area contributed by atoms with Crippen molar-refractivity contribution < 1.29 is 4.42 Å². The van der Waals surface area contributed by atoms with Crippen molar-refractivity contribution in [3.8, 4) is 0 Å². The van der Waals surface area contributed by atoms with Gasteiger partial charge < -0.3 is 20.0 Å². The molecule has 0 spiro atoms. The molecule has 1 aromatic heterocycles. The second kappa shape index (κ2) is 11.1. The maximum absolute atomic E-state index is 5.63. The first kappa shape index (κ1) is 22.3. The van der Waals surface area contributed by atoms with Crippen LogP contribution in [0.15, 0.2) is 39.7 Å². The SMILES string of the molecule is CCNC(=NCc1nc(C)c(C)o1)NCCCN1CCN(C)CC1c1ccccc1. The molecule has 7 nitrogen and oxygen atoms in total. The van der Waals surface area contributed by atoms with E-state index in [1.807, 2.05) is 13.8 Å². The number of aliphatic imine (C=N–C) groups is 1. The number of nitrogens with one attached hydrogen (secondary N) is 2. The van der Waals surface area contributed by atoms with Crippen molar-refractivity contribution >= 4 is 5.96 Å². The summed E-state index contributed by atoms with van der Waals surface area (Å²) >= 11 is 0. The van der Waals surface area contributed by atoms with Crippen LogP contribution in [0.4, 0.5) is 0 Å². The molecule has 1 aromatic carbocycles. The standard InChI is InChI=1S/C23H36N6O/c1-5-24-23(26-16-22-27-18(2)19(3)30-22)25-12-9-13-29-15-14-28(4)17-21(29)20-10-7-6-8-11-20/h6-8,10-11,21H,5,9,12-17H2,1-4H3,(H2,24,25,26). The summed E-state index contributed by atoms with van der Waals surface area (Å²) in [5.41, 5.74) is 2.33. The average Bonchev–Trinajstić information content (AvgIpc) is 3.08. The van der Waals surface area contributed by atoms with E-state index in [2.05, 4.69) is 74.7 Å². The van der Waals surface area contributed by atoms with Gasteiger partial charge in [0.15, 0.2) is 5.96 Å². The maximum Gasteiger partial charge on any atom is 0.216 e. The molecule has 0 saturated carbocycles. The Hall–Kier alpha value is -2.38. The Morgan fingerprint density at radius 2 is 2.00 bits per heavy atom. The van der Waals surface area contributed by atoms with Gasteiger partial charge in [-0.15, -0.1) is 0 Å². The van der Waals surface area contributed by atoms with Crippen molar-refractivity contribution in [3.63, 3.8) is 0 Å². The van der Waals surface area contributed by atoms with Crippen LogP contribution >= 0.6 is 0 Å². The molecule has 1 aliphatic rings. The van der Waals surface area contributed by atoms with Crippen LogP contribution in [0.5, 0.6) is 0 Å². The van der Waals surface area contributed by atoms with E-state index in [4.69, 9.17) is 4.42 Å². The lowest BCUT2D eigenvalue weighted by atomic mass is 10.0. The molecule has 0 amide bonds. The summed E-state index contributed by atoms with van der Waals surface area (Å²) < 4.78 is 5.63. The molecule has 30 heavy (non-hydrogen) atoms. The Kier molecular flexibility index (Phi) is 8.28. The summed E-state index contributed by atoms with van der Waals surface area (Å²) in [6.45, 7) is 12.5. The molecule has 1 aliphatic heterocycles. The van der Waals surface area contributed by atoms with E-state index in [0.717, 1.165) is 63.1 Å². The van der Waals surface area contributed by atoms with Gasteiger partial charge in [0.1, 0.15) is 12.3 Å². The number of likely N-dealkylation sites (N-methyl/N-ethyl adjacent to an activating group) is 1. The fourth-order valence-electron chi connectivity index (χ4n) is 3.80. The van der Waals surface area contributed by atoms with Crippen LogP contribution < -0.4 is 10.6 Å². The Morgan fingerprint density at radius 1 is 1.20 bits per heavy atom. The third kappa shape index (κ3) is 6.31. The lowest BCUT2D eigenvalue weighted by Crippen LogP contribution is -2.47. The molecular formula is C23H36N6O. The Bertz CT molecular complexity index is 784. The minimum Gasteiger partial charge on any atom is -0.444 e. The van der Waals surface area contributed by atoms with Crippen LogP contribution in [0.3, 0.4) is 0 Å². The fraction of sp³-hybridized carbons (Fsp3) is 0.565. The molecule has 164 valence electrons. The van der Waals surface area contributed by atoms with Crippen molar-refractivity contribution in [2.45, 2.75) is 39.8 Å². The summed E-state index contributed by atoms with van der Waals surface area (Å²) in [5.74, 6) is 2.33. The first-order valence-electron chi connectivity index (χ1n) is 11.0. The quantitative estimate of drug-likeness (QED) is 0.395. The molecule has 1 atom stereocenters. The summed E-state index contributed by atoms with van der Waals surface area (Å²) in [6.07, 6.45) is 1.06. The first-order chi connectivity index (χ1) is 14.6. The van der Waals surface area contributed by atoms with Crippen LogP contribution in [0.1, 0.15) is 42.3 Å². The van der Waals surface area contributed by atoms with E-state index in [0.29, 0.717) is 18.5 Å². The van der Waals surface area contributed by atoms with E-state index in [9.17, 15) is 0 Å². The molecule has 0 radical (unpaired) electrons. The zero-order valence-corrected chi connectivity index (χ0v) is 18.8. The van der Waals surface area contributed by atoms with Gasteiger partial charge in [-0.3, -0.25) is 4.90 Å². The highest BCUT2D eigenvalue weighted by Gasteiger charge is 2.25. The van der Waals surface area contributed by atoms with Crippen LogP contribution in [0.2, 0.25) is 0 Å². The molecular weight excluding hydrogens is 376 g/mol. The third-order valence-corrected chi connectivity index (χ3v) is 5.58. The number of oxazole rings is 1. The van der Waals surface area contributed by atoms with Gasteiger partial charge in [0.2, 0.25) is 5.89 Å². The van der Waals surface area contributed by atoms with E-state index < -0.39 is 0 Å². The molecule has 2 heterocycles. The number of benzene rings is 1. The minimum atomic E-state index is 0.443. The number of aromatic nitrogens is 1. The van der Waals surface area contributed by atoms with Crippen molar-refractivity contribution in [1.29, 1.82) is 0 Å². The summed E-state index contributed by atoms with van der Waals surface area (Å²) in [4.78, 5) is 14.1. The van der Waals surface area contributed by atoms with Gasteiger partial charge >= 0.3 is 0 Å². The van der Waals surface area contributed by atoms with Crippen LogP contribution in [-0.2, 0) is 6.54 Å². The summed E-state index contributed by atoms with van der Waals surface area (Å²) in [7, 11) is 2.21. The first-order valence-corrected chi connectivity index (χ1v) is 11.0. The predicted octanol–water partition coefficient (Wildman–Crippen LogP) is 2.73. The van der Waals surface area contributed by atoms with E-state index in [-0.39, 0.29) is 0 Å². The van der Waals surface area contributed by atoms with E-state index >= 15 is 0 Å². The molecule has 1 fully saturated rings. The number of piperazine rings is 1. The van der Waals surface area contributed by atoms with Crippen molar-refractivity contribution in [2.75, 3.05) is 46.3 Å². The van der Waals surface area contributed by atoms with Gasteiger partial charge in [-0.2, -0.15) is 0 Å². The van der Waals surface area contributed by atoms with Crippen molar-refractivity contribution in [3.05, 3.63) is 53.2 Å². The number of guanidine groups is 1. The maximum atomic E-state index is 5.63.